The van der Waals surface area contributed by atoms with Crippen LogP contribution < -0.4 is 0 Å². The van der Waals surface area contributed by atoms with Gasteiger partial charge in [-0.25, -0.2) is 0 Å². The van der Waals surface area contributed by atoms with Gasteiger partial charge in [-0.05, 0) is 12.5 Å². The molecule has 0 fully saturated rings. The maximum absolute atomic E-state index is 5.17. The van der Waals surface area contributed by atoms with Gasteiger partial charge in [0, 0.05) is 7.05 Å². The van der Waals surface area contributed by atoms with E-state index in [1.807, 2.05) is 24.9 Å². The van der Waals surface area contributed by atoms with Crippen LogP contribution in [0.5, 0.6) is 0 Å². The summed E-state index contributed by atoms with van der Waals surface area (Å²) in [5, 5.41) is 4.06. The van der Waals surface area contributed by atoms with E-state index in [0.717, 1.165) is 5.69 Å². The fourth-order valence-electron chi connectivity index (χ4n) is 0.923. The van der Waals surface area contributed by atoms with Crippen LogP contribution in [0.4, 0.5) is 0 Å². The summed E-state index contributed by atoms with van der Waals surface area (Å²) in [7, 11) is 1.90. The minimum absolute atomic E-state index is 0.669. The molecule has 52 valence electrons. The molecule has 0 amide bonds. The van der Waals surface area contributed by atoms with Crippen LogP contribution in [0.3, 0.4) is 0 Å². The average Bonchev–Trinajstić information content (AvgIpc) is 2.20. The van der Waals surface area contributed by atoms with Crippen LogP contribution in [0.25, 0.3) is 0 Å². The van der Waals surface area contributed by atoms with Gasteiger partial charge in [-0.1, -0.05) is 0 Å². The summed E-state index contributed by atoms with van der Waals surface area (Å²) >= 11 is 0. The molecule has 0 atom stereocenters. The Bertz CT molecular complexity index is 246. The van der Waals surface area contributed by atoms with Gasteiger partial charge in [0.2, 0.25) is 0 Å². The van der Waals surface area contributed by atoms with E-state index in [9.17, 15) is 0 Å². The zero-order valence-electron chi connectivity index (χ0n) is 6.26. The summed E-state index contributed by atoms with van der Waals surface area (Å²) in [6.07, 6.45) is 7.66. The first-order chi connectivity index (χ1) is 4.75. The molecule has 0 radical (unpaired) electrons. The standard InChI is InChI=1S/C8H10N2/c1-4-5-8-7(2)6-9-10(8)3/h1,6H,5H2,2-3H3. The third-order valence-electron chi connectivity index (χ3n) is 1.54. The highest BCUT2D eigenvalue weighted by Gasteiger charge is 2.00. The van der Waals surface area contributed by atoms with Gasteiger partial charge in [0.05, 0.1) is 18.3 Å². The maximum atomic E-state index is 5.17. The van der Waals surface area contributed by atoms with Crippen molar-refractivity contribution in [1.29, 1.82) is 0 Å². The van der Waals surface area contributed by atoms with E-state index in [-0.39, 0.29) is 0 Å². The highest BCUT2D eigenvalue weighted by atomic mass is 15.3. The molecule has 0 spiro atoms. The second-order valence-corrected chi connectivity index (χ2v) is 2.28. The number of aromatic nitrogens is 2. The lowest BCUT2D eigenvalue weighted by atomic mass is 10.2. The molecule has 1 rings (SSSR count). The van der Waals surface area contributed by atoms with Gasteiger partial charge in [-0.3, -0.25) is 4.68 Å². The Morgan fingerprint density at radius 3 is 2.90 bits per heavy atom. The van der Waals surface area contributed by atoms with Crippen LogP contribution in [0.15, 0.2) is 6.20 Å². The van der Waals surface area contributed by atoms with Crippen molar-refractivity contribution in [2.24, 2.45) is 7.05 Å². The molecule has 0 aromatic carbocycles. The zero-order valence-corrected chi connectivity index (χ0v) is 6.26. The summed E-state index contributed by atoms with van der Waals surface area (Å²) in [6, 6.07) is 0. The van der Waals surface area contributed by atoms with Crippen LogP contribution in [-0.4, -0.2) is 9.78 Å². The molecule has 0 bridgehead atoms. The second-order valence-electron chi connectivity index (χ2n) is 2.28. The molecular formula is C8H10N2. The molecule has 2 nitrogen and oxygen atoms in total. The van der Waals surface area contributed by atoms with Gasteiger partial charge in [0.25, 0.3) is 0 Å². The molecule has 0 aliphatic carbocycles. The lowest BCUT2D eigenvalue weighted by Crippen LogP contribution is -1.97. The van der Waals surface area contributed by atoms with Gasteiger partial charge in [0.15, 0.2) is 0 Å². The van der Waals surface area contributed by atoms with E-state index in [0.29, 0.717) is 6.42 Å². The topological polar surface area (TPSA) is 17.8 Å². The molecule has 0 saturated carbocycles. The van der Waals surface area contributed by atoms with E-state index in [2.05, 4.69) is 11.0 Å². The summed E-state index contributed by atoms with van der Waals surface area (Å²) in [5.74, 6) is 2.59. The van der Waals surface area contributed by atoms with Crippen molar-refractivity contribution in [1.82, 2.24) is 9.78 Å². The van der Waals surface area contributed by atoms with Crippen molar-refractivity contribution in [3.05, 3.63) is 17.5 Å². The predicted octanol–water partition coefficient (Wildman–Crippen LogP) is 0.904. The SMILES string of the molecule is C#CCc1c(C)cnn1C. The van der Waals surface area contributed by atoms with E-state index >= 15 is 0 Å². The molecule has 1 aromatic rings. The Morgan fingerprint density at radius 2 is 2.50 bits per heavy atom. The van der Waals surface area contributed by atoms with Crippen molar-refractivity contribution < 1.29 is 0 Å². The monoisotopic (exact) mass is 134 g/mol. The first-order valence-corrected chi connectivity index (χ1v) is 3.16. The smallest absolute Gasteiger partial charge is 0.0528 e. The summed E-state index contributed by atoms with van der Waals surface area (Å²) in [4.78, 5) is 0. The first-order valence-electron chi connectivity index (χ1n) is 3.16. The second kappa shape index (κ2) is 2.57. The third kappa shape index (κ3) is 1.03. The molecular weight excluding hydrogens is 124 g/mol. The van der Waals surface area contributed by atoms with Gasteiger partial charge in [-0.2, -0.15) is 5.10 Å². The van der Waals surface area contributed by atoms with Crippen LogP contribution in [-0.2, 0) is 13.5 Å². The third-order valence-corrected chi connectivity index (χ3v) is 1.54. The molecule has 0 unspecified atom stereocenters. The maximum Gasteiger partial charge on any atom is 0.0528 e. The number of aryl methyl sites for hydroxylation is 2. The Hall–Kier alpha value is -1.23. The van der Waals surface area contributed by atoms with Crippen molar-refractivity contribution in [2.75, 3.05) is 0 Å². The average molecular weight is 134 g/mol. The van der Waals surface area contributed by atoms with Gasteiger partial charge in [0.1, 0.15) is 0 Å². The van der Waals surface area contributed by atoms with Crippen molar-refractivity contribution >= 4 is 0 Å². The molecule has 0 aliphatic heterocycles. The van der Waals surface area contributed by atoms with E-state index < -0.39 is 0 Å². The largest absolute Gasteiger partial charge is 0.271 e. The zero-order chi connectivity index (χ0) is 7.56. The Balaban J connectivity index is 3.01. The van der Waals surface area contributed by atoms with Crippen molar-refractivity contribution in [2.45, 2.75) is 13.3 Å². The molecule has 0 N–H and O–H groups in total. The summed E-state index contributed by atoms with van der Waals surface area (Å²) in [6.45, 7) is 2.01. The minimum Gasteiger partial charge on any atom is -0.271 e. The lowest BCUT2D eigenvalue weighted by Gasteiger charge is -1.96. The van der Waals surface area contributed by atoms with E-state index in [4.69, 9.17) is 6.42 Å². The van der Waals surface area contributed by atoms with Gasteiger partial charge < -0.3 is 0 Å². The number of nitrogens with zero attached hydrogens (tertiary/aromatic N) is 2. The molecule has 2 heteroatoms. The molecule has 1 heterocycles. The Labute approximate surface area is 60.9 Å². The highest BCUT2D eigenvalue weighted by molar-refractivity contribution is 5.19. The Kier molecular flexibility index (Phi) is 1.77. The quantitative estimate of drug-likeness (QED) is 0.522. The first kappa shape index (κ1) is 6.88. The minimum atomic E-state index is 0.669. The van der Waals surface area contributed by atoms with Crippen LogP contribution in [0.2, 0.25) is 0 Å². The Morgan fingerprint density at radius 1 is 1.80 bits per heavy atom. The number of rotatable bonds is 1. The summed E-state index contributed by atoms with van der Waals surface area (Å²) < 4.78 is 1.81. The normalized spacial score (nSPS) is 9.30. The van der Waals surface area contributed by atoms with Gasteiger partial charge >= 0.3 is 0 Å². The molecule has 10 heavy (non-hydrogen) atoms. The molecule has 0 saturated heterocycles. The highest BCUT2D eigenvalue weighted by Crippen LogP contribution is 2.04. The number of hydrogen-bond acceptors (Lipinski definition) is 1. The predicted molar refractivity (Wildman–Crippen MR) is 40.5 cm³/mol. The molecule has 0 aliphatic rings. The number of hydrogen-bond donors (Lipinski definition) is 0. The van der Waals surface area contributed by atoms with Crippen LogP contribution in [0, 0.1) is 19.3 Å². The van der Waals surface area contributed by atoms with Crippen molar-refractivity contribution in [3.8, 4) is 12.3 Å². The van der Waals surface area contributed by atoms with E-state index in [1.54, 1.807) is 0 Å². The number of terminal acetylenes is 1. The van der Waals surface area contributed by atoms with E-state index in [1.165, 1.54) is 5.56 Å². The van der Waals surface area contributed by atoms with Crippen LogP contribution >= 0.6 is 0 Å². The van der Waals surface area contributed by atoms with Gasteiger partial charge in [-0.15, -0.1) is 12.3 Å². The lowest BCUT2D eigenvalue weighted by molar-refractivity contribution is 0.729. The summed E-state index contributed by atoms with van der Waals surface area (Å²) in [5.41, 5.74) is 2.29. The van der Waals surface area contributed by atoms with Crippen molar-refractivity contribution in [3.63, 3.8) is 0 Å². The fourth-order valence-corrected chi connectivity index (χ4v) is 0.923. The fraction of sp³-hybridized carbons (Fsp3) is 0.375. The molecule has 1 aromatic heterocycles. The van der Waals surface area contributed by atoms with Crippen LogP contribution in [0.1, 0.15) is 11.3 Å².